The summed E-state index contributed by atoms with van der Waals surface area (Å²) in [6.45, 7) is 6.83. The molecule has 0 unspecified atom stereocenters. The van der Waals surface area contributed by atoms with Crippen LogP contribution in [0, 0.1) is 0 Å². The molecular weight excluding hydrogens is 400 g/mol. The Balaban J connectivity index is 1.96. The molecule has 2 aliphatic heterocycles. The van der Waals surface area contributed by atoms with Crippen LogP contribution >= 0.6 is 0 Å². The maximum Gasteiger partial charge on any atom is 0.350 e. The number of cyclic esters (lactones) is 2. The van der Waals surface area contributed by atoms with E-state index in [0.717, 1.165) is 5.69 Å². The lowest BCUT2D eigenvalue weighted by Crippen LogP contribution is -2.42. The molecule has 2 saturated heterocycles. The number of carbonyl (C=O) groups is 2. The van der Waals surface area contributed by atoms with Gasteiger partial charge in [-0.15, -0.1) is 0 Å². The Morgan fingerprint density at radius 1 is 1.14 bits per heavy atom. The highest BCUT2D eigenvalue weighted by Gasteiger charge is 2.39. The summed E-state index contributed by atoms with van der Waals surface area (Å²) in [5, 5.41) is 2.89. The summed E-state index contributed by atoms with van der Waals surface area (Å²) < 4.78 is 40.1. The molecule has 158 valence electrons. The van der Waals surface area contributed by atoms with Crippen molar-refractivity contribution in [3.8, 4) is 0 Å². The van der Waals surface area contributed by atoms with E-state index >= 15 is 0 Å². The van der Waals surface area contributed by atoms with Gasteiger partial charge >= 0.3 is 11.9 Å². The minimum atomic E-state index is -3.44. The Hall–Kier alpha value is -2.59. The van der Waals surface area contributed by atoms with Gasteiger partial charge in [-0.2, -0.15) is 0 Å². The Labute approximate surface area is 169 Å². The first-order chi connectivity index (χ1) is 13.6. The number of hydrogen-bond acceptors (Lipinski definition) is 9. The van der Waals surface area contributed by atoms with Crippen LogP contribution in [0.2, 0.25) is 0 Å². The molecule has 29 heavy (non-hydrogen) atoms. The number of esters is 2. The summed E-state index contributed by atoms with van der Waals surface area (Å²) in [5.74, 6) is -3.01. The van der Waals surface area contributed by atoms with Crippen molar-refractivity contribution in [3.05, 3.63) is 30.0 Å². The molecule has 0 bridgehead atoms. The van der Waals surface area contributed by atoms with Crippen molar-refractivity contribution in [1.29, 1.82) is 0 Å². The number of benzene rings is 1. The molecule has 2 fully saturated rings. The molecule has 1 N–H and O–H groups in total. The van der Waals surface area contributed by atoms with Gasteiger partial charge in [-0.25, -0.2) is 18.0 Å². The number of carbonyl (C=O) groups excluding carboxylic acids is 2. The van der Waals surface area contributed by atoms with E-state index in [4.69, 9.17) is 14.2 Å². The second kappa shape index (κ2) is 8.03. The van der Waals surface area contributed by atoms with E-state index in [1.54, 1.807) is 19.1 Å². The van der Waals surface area contributed by atoms with Gasteiger partial charge in [0.2, 0.25) is 0 Å². The molecule has 1 aromatic carbocycles. The summed E-state index contributed by atoms with van der Waals surface area (Å²) >= 11 is 0. The normalized spacial score (nSPS) is 19.4. The van der Waals surface area contributed by atoms with E-state index in [-0.39, 0.29) is 16.2 Å². The van der Waals surface area contributed by atoms with E-state index in [1.807, 2.05) is 4.90 Å². The van der Waals surface area contributed by atoms with Crippen LogP contribution in [-0.4, -0.2) is 58.2 Å². The zero-order valence-electron chi connectivity index (χ0n) is 16.6. The van der Waals surface area contributed by atoms with Crippen molar-refractivity contribution < 1.29 is 32.2 Å². The standard InChI is InChI=1S/C19H24N2O7S/c1-4-29(24,25)13-5-6-16(21-7-9-26-10-8-21)15(11-13)20-12-14-17(22)27-19(2,3)28-18(14)23/h5-6,11-12,20H,4,7-10H2,1-3H3. The molecule has 10 heteroatoms. The predicted octanol–water partition coefficient (Wildman–Crippen LogP) is 1.45. The van der Waals surface area contributed by atoms with E-state index < -0.39 is 27.6 Å². The summed E-state index contributed by atoms with van der Waals surface area (Å²) in [4.78, 5) is 26.5. The van der Waals surface area contributed by atoms with Gasteiger partial charge in [-0.05, 0) is 18.2 Å². The Kier molecular flexibility index (Phi) is 5.85. The molecule has 0 atom stereocenters. The van der Waals surface area contributed by atoms with Crippen molar-refractivity contribution in [3.63, 3.8) is 0 Å². The molecule has 0 radical (unpaired) electrons. The summed E-state index contributed by atoms with van der Waals surface area (Å²) in [7, 11) is -3.44. The first-order valence-corrected chi connectivity index (χ1v) is 10.9. The number of nitrogens with zero attached hydrogens (tertiary/aromatic N) is 1. The number of nitrogens with one attached hydrogen (secondary N) is 1. The van der Waals surface area contributed by atoms with Gasteiger partial charge in [-0.1, -0.05) is 6.92 Å². The maximum absolute atomic E-state index is 12.3. The quantitative estimate of drug-likeness (QED) is 0.426. The van der Waals surface area contributed by atoms with Crippen LogP contribution in [-0.2, 0) is 33.6 Å². The number of ether oxygens (including phenoxy) is 3. The molecule has 0 aliphatic carbocycles. The van der Waals surface area contributed by atoms with Crippen LogP contribution < -0.4 is 10.2 Å². The summed E-state index contributed by atoms with van der Waals surface area (Å²) in [6.07, 6.45) is 1.18. The molecule has 2 aliphatic rings. The second-order valence-corrected chi connectivity index (χ2v) is 9.34. The number of rotatable bonds is 5. The van der Waals surface area contributed by atoms with E-state index in [0.29, 0.717) is 32.0 Å². The van der Waals surface area contributed by atoms with E-state index in [9.17, 15) is 18.0 Å². The van der Waals surface area contributed by atoms with Crippen molar-refractivity contribution in [2.75, 3.05) is 42.3 Å². The van der Waals surface area contributed by atoms with E-state index in [2.05, 4.69) is 5.32 Å². The highest BCUT2D eigenvalue weighted by atomic mass is 32.2. The molecule has 0 amide bonds. The van der Waals surface area contributed by atoms with Crippen molar-refractivity contribution in [2.45, 2.75) is 31.5 Å². The number of sulfone groups is 1. The van der Waals surface area contributed by atoms with Gasteiger partial charge in [-0.3, -0.25) is 0 Å². The van der Waals surface area contributed by atoms with Gasteiger partial charge in [0.25, 0.3) is 5.79 Å². The lowest BCUT2D eigenvalue weighted by molar-refractivity contribution is -0.222. The fourth-order valence-electron chi connectivity index (χ4n) is 3.00. The van der Waals surface area contributed by atoms with Crippen molar-refractivity contribution in [1.82, 2.24) is 0 Å². The number of hydrogen-bond donors (Lipinski definition) is 1. The highest BCUT2D eigenvalue weighted by Crippen LogP contribution is 2.31. The van der Waals surface area contributed by atoms with Crippen LogP contribution in [0.1, 0.15) is 20.8 Å². The van der Waals surface area contributed by atoms with Gasteiger partial charge < -0.3 is 24.4 Å². The summed E-state index contributed by atoms with van der Waals surface area (Å²) in [5.41, 5.74) is 0.874. The first kappa shape index (κ1) is 21.1. The first-order valence-electron chi connectivity index (χ1n) is 9.26. The van der Waals surface area contributed by atoms with Crippen LogP contribution in [0.3, 0.4) is 0 Å². The molecule has 1 aromatic rings. The van der Waals surface area contributed by atoms with Gasteiger partial charge in [0.05, 0.1) is 35.2 Å². The lowest BCUT2D eigenvalue weighted by Gasteiger charge is -2.31. The Morgan fingerprint density at radius 2 is 1.76 bits per heavy atom. The van der Waals surface area contributed by atoms with Crippen molar-refractivity contribution in [2.24, 2.45) is 0 Å². The zero-order chi connectivity index (χ0) is 21.2. The third kappa shape index (κ3) is 4.70. The van der Waals surface area contributed by atoms with Crippen molar-refractivity contribution >= 4 is 33.2 Å². The minimum Gasteiger partial charge on any atom is -0.419 e. The summed E-state index contributed by atoms with van der Waals surface area (Å²) in [6, 6.07) is 4.74. The fourth-order valence-corrected chi connectivity index (χ4v) is 3.91. The SMILES string of the molecule is CCS(=O)(=O)c1ccc(N2CCOCC2)c(NC=C2C(=O)OC(C)(C)OC2=O)c1. The molecule has 0 spiro atoms. The number of anilines is 2. The van der Waals surface area contributed by atoms with Crippen LogP contribution in [0.25, 0.3) is 0 Å². The molecule has 0 aromatic heterocycles. The molecule has 9 nitrogen and oxygen atoms in total. The topological polar surface area (TPSA) is 111 Å². The third-order valence-corrected chi connectivity index (χ3v) is 6.28. The zero-order valence-corrected chi connectivity index (χ0v) is 17.4. The second-order valence-electron chi connectivity index (χ2n) is 7.06. The Morgan fingerprint density at radius 3 is 2.34 bits per heavy atom. The average molecular weight is 424 g/mol. The highest BCUT2D eigenvalue weighted by molar-refractivity contribution is 7.91. The van der Waals surface area contributed by atoms with Gasteiger partial charge in [0.15, 0.2) is 15.4 Å². The van der Waals surface area contributed by atoms with E-state index in [1.165, 1.54) is 26.1 Å². The number of morpholine rings is 1. The van der Waals surface area contributed by atoms with Gasteiger partial charge in [0, 0.05) is 33.1 Å². The smallest absolute Gasteiger partial charge is 0.350 e. The molecule has 2 heterocycles. The monoisotopic (exact) mass is 424 g/mol. The largest absolute Gasteiger partial charge is 0.419 e. The molecule has 3 rings (SSSR count). The average Bonchev–Trinajstić information content (AvgIpc) is 2.67. The maximum atomic E-state index is 12.3. The Bertz CT molecular complexity index is 925. The minimum absolute atomic E-state index is 0.0435. The molecule has 0 saturated carbocycles. The lowest BCUT2D eigenvalue weighted by atomic mass is 10.2. The third-order valence-electron chi connectivity index (χ3n) is 4.55. The van der Waals surface area contributed by atoms with Crippen LogP contribution in [0.4, 0.5) is 11.4 Å². The van der Waals surface area contributed by atoms with Gasteiger partial charge in [0.1, 0.15) is 0 Å². The predicted molar refractivity (Wildman–Crippen MR) is 105 cm³/mol. The molecular formula is C19H24N2O7S. The van der Waals surface area contributed by atoms with Crippen LogP contribution in [0.5, 0.6) is 0 Å². The fraction of sp³-hybridized carbons (Fsp3) is 0.474. The van der Waals surface area contributed by atoms with Crippen LogP contribution in [0.15, 0.2) is 34.9 Å².